The second-order valence-corrected chi connectivity index (χ2v) is 4.03. The van der Waals surface area contributed by atoms with Gasteiger partial charge in [0.1, 0.15) is 5.56 Å². The number of hydrogen-bond donors (Lipinski definition) is 1. The number of rotatable bonds is 2. The molecule has 0 aromatic carbocycles. The van der Waals surface area contributed by atoms with E-state index in [-0.39, 0.29) is 5.56 Å². The first kappa shape index (κ1) is 12.0. The minimum absolute atomic E-state index is 0.249. The summed E-state index contributed by atoms with van der Waals surface area (Å²) in [6.45, 7) is 3.61. The van der Waals surface area contributed by atoms with Crippen LogP contribution in [0.3, 0.4) is 0 Å². The van der Waals surface area contributed by atoms with E-state index in [9.17, 15) is 9.59 Å². The van der Waals surface area contributed by atoms with Crippen molar-refractivity contribution in [3.63, 3.8) is 0 Å². The van der Waals surface area contributed by atoms with Crippen molar-refractivity contribution in [1.82, 2.24) is 9.55 Å². The minimum atomic E-state index is -1.23. The molecule has 0 aliphatic rings. The number of aromatic nitrogens is 2. The molecule has 5 nitrogen and oxygen atoms in total. The molecule has 0 atom stereocenters. The smallest absolute Gasteiger partial charge is 0.341 e. The molecule has 2 aromatic rings. The Labute approximate surface area is 103 Å². The van der Waals surface area contributed by atoms with Gasteiger partial charge < -0.3 is 9.67 Å². The quantitative estimate of drug-likeness (QED) is 0.869. The van der Waals surface area contributed by atoms with E-state index in [2.05, 4.69) is 4.98 Å². The highest BCUT2D eigenvalue weighted by atomic mass is 16.4. The van der Waals surface area contributed by atoms with Crippen LogP contribution in [0, 0.1) is 13.8 Å². The summed E-state index contributed by atoms with van der Waals surface area (Å²) >= 11 is 0. The zero-order valence-corrected chi connectivity index (χ0v) is 10.0. The summed E-state index contributed by atoms with van der Waals surface area (Å²) in [7, 11) is 0. The summed E-state index contributed by atoms with van der Waals surface area (Å²) in [6, 6.07) is 4.96. The molecule has 92 valence electrons. The van der Waals surface area contributed by atoms with Gasteiger partial charge in [0, 0.05) is 23.7 Å². The first-order valence-electron chi connectivity index (χ1n) is 5.38. The van der Waals surface area contributed by atoms with E-state index in [1.165, 1.54) is 12.3 Å². The topological polar surface area (TPSA) is 72.2 Å². The summed E-state index contributed by atoms with van der Waals surface area (Å²) in [5.74, 6) is -1.23. The van der Waals surface area contributed by atoms with E-state index in [1.807, 2.05) is 19.1 Å². The Morgan fingerprint density at radius 2 is 2.06 bits per heavy atom. The molecule has 0 aliphatic heterocycles. The van der Waals surface area contributed by atoms with Crippen LogP contribution in [0.15, 0.2) is 35.4 Å². The van der Waals surface area contributed by atoms with Crippen LogP contribution in [0.1, 0.15) is 21.7 Å². The first-order valence-corrected chi connectivity index (χ1v) is 5.38. The van der Waals surface area contributed by atoms with Crippen LogP contribution < -0.4 is 5.43 Å². The van der Waals surface area contributed by atoms with Crippen molar-refractivity contribution in [1.29, 1.82) is 0 Å². The molecule has 1 N–H and O–H groups in total. The zero-order valence-electron chi connectivity index (χ0n) is 10.0. The van der Waals surface area contributed by atoms with Crippen LogP contribution in [-0.2, 0) is 0 Å². The fourth-order valence-corrected chi connectivity index (χ4v) is 1.67. The average Bonchev–Trinajstić information content (AvgIpc) is 2.30. The monoisotopic (exact) mass is 244 g/mol. The van der Waals surface area contributed by atoms with Gasteiger partial charge in [-0.15, -0.1) is 0 Å². The second kappa shape index (κ2) is 4.44. The van der Waals surface area contributed by atoms with Gasteiger partial charge in [-0.25, -0.2) is 4.79 Å². The Kier molecular flexibility index (Phi) is 2.97. The molecule has 2 aromatic heterocycles. The van der Waals surface area contributed by atoms with Crippen LogP contribution >= 0.6 is 0 Å². The van der Waals surface area contributed by atoms with Gasteiger partial charge in [-0.1, -0.05) is 0 Å². The average molecular weight is 244 g/mol. The van der Waals surface area contributed by atoms with Gasteiger partial charge >= 0.3 is 5.97 Å². The molecule has 0 amide bonds. The van der Waals surface area contributed by atoms with Crippen molar-refractivity contribution in [2.75, 3.05) is 0 Å². The van der Waals surface area contributed by atoms with E-state index in [4.69, 9.17) is 5.11 Å². The maximum absolute atomic E-state index is 11.5. The Balaban J connectivity index is 2.64. The summed E-state index contributed by atoms with van der Waals surface area (Å²) in [5, 5.41) is 8.94. The number of pyridine rings is 2. The van der Waals surface area contributed by atoms with Crippen LogP contribution in [-0.4, -0.2) is 20.6 Å². The lowest BCUT2D eigenvalue weighted by Crippen LogP contribution is -2.18. The van der Waals surface area contributed by atoms with Gasteiger partial charge in [-0.05, 0) is 26.0 Å². The standard InChI is InChI=1S/C13H12N2O3/c1-8-3-4-10(6-14-8)15-7-11(13(17)18)12(16)5-9(15)2/h3-7H,1-2H3,(H,17,18). The van der Waals surface area contributed by atoms with Gasteiger partial charge in [-0.2, -0.15) is 0 Å². The van der Waals surface area contributed by atoms with Crippen molar-refractivity contribution >= 4 is 5.97 Å². The highest BCUT2D eigenvalue weighted by Gasteiger charge is 2.11. The molecule has 0 bridgehead atoms. The fourth-order valence-electron chi connectivity index (χ4n) is 1.67. The largest absolute Gasteiger partial charge is 0.477 e. The highest BCUT2D eigenvalue weighted by Crippen LogP contribution is 2.10. The van der Waals surface area contributed by atoms with Crippen LogP contribution in [0.4, 0.5) is 0 Å². The molecule has 0 aliphatic carbocycles. The minimum Gasteiger partial charge on any atom is -0.477 e. The van der Waals surface area contributed by atoms with E-state index in [0.717, 1.165) is 11.4 Å². The van der Waals surface area contributed by atoms with Crippen molar-refractivity contribution in [2.45, 2.75) is 13.8 Å². The fraction of sp³-hybridized carbons (Fsp3) is 0.154. The number of nitrogens with zero attached hydrogens (tertiary/aromatic N) is 2. The highest BCUT2D eigenvalue weighted by molar-refractivity contribution is 5.87. The van der Waals surface area contributed by atoms with Gasteiger partial charge in [-0.3, -0.25) is 9.78 Å². The van der Waals surface area contributed by atoms with E-state index in [0.29, 0.717) is 5.69 Å². The molecule has 0 saturated heterocycles. The lowest BCUT2D eigenvalue weighted by molar-refractivity contribution is 0.0695. The van der Waals surface area contributed by atoms with Gasteiger partial charge in [0.15, 0.2) is 5.43 Å². The summed E-state index contributed by atoms with van der Waals surface area (Å²) in [4.78, 5) is 26.6. The lowest BCUT2D eigenvalue weighted by Gasteiger charge is -2.11. The molecule has 18 heavy (non-hydrogen) atoms. The van der Waals surface area contributed by atoms with Gasteiger partial charge in [0.2, 0.25) is 0 Å². The molecule has 2 rings (SSSR count). The molecular weight excluding hydrogens is 232 g/mol. The number of carbonyl (C=O) groups is 1. The van der Waals surface area contributed by atoms with E-state index >= 15 is 0 Å². The van der Waals surface area contributed by atoms with Crippen molar-refractivity contribution in [3.8, 4) is 5.69 Å². The van der Waals surface area contributed by atoms with Crippen molar-refractivity contribution < 1.29 is 9.90 Å². The van der Waals surface area contributed by atoms with E-state index in [1.54, 1.807) is 17.7 Å². The second-order valence-electron chi connectivity index (χ2n) is 4.03. The Morgan fingerprint density at radius 3 is 2.61 bits per heavy atom. The van der Waals surface area contributed by atoms with Crippen molar-refractivity contribution in [3.05, 3.63) is 57.8 Å². The Morgan fingerprint density at radius 1 is 1.33 bits per heavy atom. The summed E-state index contributed by atoms with van der Waals surface area (Å²) < 4.78 is 1.64. The maximum Gasteiger partial charge on any atom is 0.341 e. The number of aromatic carboxylic acids is 1. The van der Waals surface area contributed by atoms with Crippen LogP contribution in [0.25, 0.3) is 5.69 Å². The number of carboxylic acid groups (broad SMARTS) is 1. The normalized spacial score (nSPS) is 10.3. The Bertz CT molecular complexity index is 657. The molecule has 0 radical (unpaired) electrons. The molecule has 0 spiro atoms. The van der Waals surface area contributed by atoms with Crippen LogP contribution in [0.5, 0.6) is 0 Å². The number of hydrogen-bond acceptors (Lipinski definition) is 3. The Hall–Kier alpha value is -2.43. The zero-order chi connectivity index (χ0) is 13.3. The summed E-state index contributed by atoms with van der Waals surface area (Å²) in [6.07, 6.45) is 2.96. The maximum atomic E-state index is 11.5. The van der Waals surface area contributed by atoms with Gasteiger partial charge in [0.25, 0.3) is 0 Å². The predicted octanol–water partition coefficient (Wildman–Crippen LogP) is 1.55. The van der Waals surface area contributed by atoms with E-state index < -0.39 is 11.4 Å². The third-order valence-corrected chi connectivity index (χ3v) is 2.65. The lowest BCUT2D eigenvalue weighted by atomic mass is 10.2. The molecule has 5 heteroatoms. The summed E-state index contributed by atoms with van der Waals surface area (Å²) in [5.41, 5.74) is 1.52. The molecule has 0 saturated carbocycles. The number of carboxylic acids is 1. The van der Waals surface area contributed by atoms with Crippen LogP contribution in [0.2, 0.25) is 0 Å². The molecule has 0 fully saturated rings. The van der Waals surface area contributed by atoms with Gasteiger partial charge in [0.05, 0.1) is 11.9 Å². The SMILES string of the molecule is Cc1ccc(-n2cc(C(=O)O)c(=O)cc2C)cn1. The molecular formula is C13H12N2O3. The molecule has 2 heterocycles. The first-order chi connectivity index (χ1) is 8.49. The van der Waals surface area contributed by atoms with Crippen molar-refractivity contribution in [2.24, 2.45) is 0 Å². The number of aryl methyl sites for hydroxylation is 2. The predicted molar refractivity (Wildman–Crippen MR) is 66.3 cm³/mol. The molecule has 0 unspecified atom stereocenters. The third-order valence-electron chi connectivity index (χ3n) is 2.65. The third kappa shape index (κ3) is 2.15.